The van der Waals surface area contributed by atoms with Crippen LogP contribution in [0.25, 0.3) is 10.9 Å². The molecular weight excluding hydrogens is 435 g/mol. The molecule has 0 radical (unpaired) electrons. The molecule has 3 aromatic rings. The van der Waals surface area contributed by atoms with Gasteiger partial charge in [-0.25, -0.2) is 4.98 Å². The van der Waals surface area contributed by atoms with Gasteiger partial charge < -0.3 is 14.6 Å². The molecule has 31 heavy (non-hydrogen) atoms. The smallest absolute Gasteiger partial charge is 0.406 e. The molecule has 1 heterocycles. The van der Waals surface area contributed by atoms with Crippen molar-refractivity contribution < 1.29 is 22.7 Å². The second kappa shape index (κ2) is 9.38. The van der Waals surface area contributed by atoms with Crippen molar-refractivity contribution in [3.05, 3.63) is 69.2 Å². The zero-order valence-corrected chi connectivity index (χ0v) is 17.3. The standard InChI is InChI=1S/C21H19ClF3N3O3/c1-2-9-28(12-18-26-17-11-14(22)5-8-16(17)20(30)27-18)19(29)10-13-3-6-15(7-4-13)31-21(23,24)25/h3-8,11H,2,9-10,12H2,1H3,(H,26,27,30). The molecule has 0 fully saturated rings. The number of rotatable bonds is 7. The number of H-pyrrole nitrogens is 1. The monoisotopic (exact) mass is 453 g/mol. The Morgan fingerprint density at radius 2 is 1.90 bits per heavy atom. The van der Waals surface area contributed by atoms with Crippen LogP contribution in [0.2, 0.25) is 5.02 Å². The van der Waals surface area contributed by atoms with E-state index in [1.165, 1.54) is 17.0 Å². The fourth-order valence-corrected chi connectivity index (χ4v) is 3.24. The van der Waals surface area contributed by atoms with Gasteiger partial charge in [-0.2, -0.15) is 0 Å². The number of benzene rings is 2. The number of nitrogens with zero attached hydrogens (tertiary/aromatic N) is 2. The summed E-state index contributed by atoms with van der Waals surface area (Å²) in [5.74, 6) is -0.290. The van der Waals surface area contributed by atoms with Gasteiger partial charge in [-0.05, 0) is 42.3 Å². The highest BCUT2D eigenvalue weighted by molar-refractivity contribution is 6.31. The van der Waals surface area contributed by atoms with E-state index in [0.717, 1.165) is 12.1 Å². The van der Waals surface area contributed by atoms with Crippen LogP contribution in [0.1, 0.15) is 24.7 Å². The van der Waals surface area contributed by atoms with Gasteiger partial charge in [-0.15, -0.1) is 13.2 Å². The summed E-state index contributed by atoms with van der Waals surface area (Å²) in [6, 6.07) is 9.88. The Kier molecular flexibility index (Phi) is 6.84. The second-order valence-corrected chi connectivity index (χ2v) is 7.29. The third-order valence-corrected chi connectivity index (χ3v) is 4.65. The second-order valence-electron chi connectivity index (χ2n) is 6.86. The molecule has 0 aliphatic heterocycles. The van der Waals surface area contributed by atoms with E-state index in [1.54, 1.807) is 18.2 Å². The normalized spacial score (nSPS) is 11.5. The summed E-state index contributed by atoms with van der Waals surface area (Å²) >= 11 is 5.98. The SMILES string of the molecule is CCCN(Cc1nc2cc(Cl)ccc2c(=O)[nH]1)C(=O)Cc1ccc(OC(F)(F)F)cc1. The number of ether oxygens (including phenoxy) is 1. The van der Waals surface area contributed by atoms with Crippen LogP contribution in [0.5, 0.6) is 5.75 Å². The maximum Gasteiger partial charge on any atom is 0.573 e. The number of aromatic nitrogens is 2. The fraction of sp³-hybridized carbons (Fsp3) is 0.286. The molecule has 1 aromatic heterocycles. The molecule has 1 N–H and O–H groups in total. The molecule has 0 bridgehead atoms. The number of carbonyl (C=O) groups is 1. The Morgan fingerprint density at radius 3 is 2.55 bits per heavy atom. The highest BCUT2D eigenvalue weighted by atomic mass is 35.5. The van der Waals surface area contributed by atoms with Gasteiger partial charge in [0.05, 0.1) is 23.9 Å². The Bertz CT molecular complexity index is 1130. The summed E-state index contributed by atoms with van der Waals surface area (Å²) in [6.45, 7) is 2.41. The van der Waals surface area contributed by atoms with Gasteiger partial charge in [0.25, 0.3) is 5.56 Å². The Hall–Kier alpha value is -3.07. The molecule has 2 aromatic carbocycles. The van der Waals surface area contributed by atoms with Crippen LogP contribution in [0.15, 0.2) is 47.3 Å². The zero-order valence-electron chi connectivity index (χ0n) is 16.5. The van der Waals surface area contributed by atoms with E-state index in [1.807, 2.05) is 6.92 Å². The lowest BCUT2D eigenvalue weighted by molar-refractivity contribution is -0.274. The van der Waals surface area contributed by atoms with E-state index in [9.17, 15) is 22.8 Å². The van der Waals surface area contributed by atoms with E-state index in [-0.39, 0.29) is 30.2 Å². The van der Waals surface area contributed by atoms with Crippen molar-refractivity contribution in [2.24, 2.45) is 0 Å². The number of halogens is 4. The van der Waals surface area contributed by atoms with E-state index in [4.69, 9.17) is 11.6 Å². The molecule has 0 spiro atoms. The van der Waals surface area contributed by atoms with Crippen molar-refractivity contribution in [1.82, 2.24) is 14.9 Å². The molecule has 10 heteroatoms. The maximum atomic E-state index is 12.8. The number of hydrogen-bond acceptors (Lipinski definition) is 4. The summed E-state index contributed by atoms with van der Waals surface area (Å²) < 4.78 is 40.7. The van der Waals surface area contributed by atoms with Gasteiger partial charge >= 0.3 is 6.36 Å². The number of alkyl halides is 3. The Labute approximate surface area is 180 Å². The third-order valence-electron chi connectivity index (χ3n) is 4.42. The number of amides is 1. The lowest BCUT2D eigenvalue weighted by Crippen LogP contribution is -2.34. The van der Waals surface area contributed by atoms with Crippen molar-refractivity contribution in [2.75, 3.05) is 6.54 Å². The zero-order chi connectivity index (χ0) is 22.6. The van der Waals surface area contributed by atoms with Crippen molar-refractivity contribution in [3.8, 4) is 5.75 Å². The van der Waals surface area contributed by atoms with Crippen LogP contribution < -0.4 is 10.3 Å². The van der Waals surface area contributed by atoms with Crippen LogP contribution in [0.3, 0.4) is 0 Å². The average Bonchev–Trinajstić information content (AvgIpc) is 2.67. The molecule has 164 valence electrons. The third kappa shape index (κ3) is 6.21. The van der Waals surface area contributed by atoms with Gasteiger partial charge in [0, 0.05) is 11.6 Å². The van der Waals surface area contributed by atoms with E-state index >= 15 is 0 Å². The van der Waals surface area contributed by atoms with Crippen molar-refractivity contribution in [1.29, 1.82) is 0 Å². The fourth-order valence-electron chi connectivity index (χ4n) is 3.07. The number of nitrogens with one attached hydrogen (secondary N) is 1. The minimum atomic E-state index is -4.77. The molecule has 0 unspecified atom stereocenters. The summed E-state index contributed by atoms with van der Waals surface area (Å²) in [7, 11) is 0. The van der Waals surface area contributed by atoms with Crippen LogP contribution >= 0.6 is 11.6 Å². The van der Waals surface area contributed by atoms with Crippen LogP contribution in [-0.2, 0) is 17.8 Å². The molecule has 6 nitrogen and oxygen atoms in total. The summed E-state index contributed by atoms with van der Waals surface area (Å²) in [5, 5.41) is 0.832. The van der Waals surface area contributed by atoms with Crippen LogP contribution in [-0.4, -0.2) is 33.7 Å². The summed E-state index contributed by atoms with van der Waals surface area (Å²) in [6.07, 6.45) is -4.12. The van der Waals surface area contributed by atoms with E-state index in [2.05, 4.69) is 14.7 Å². The summed E-state index contributed by atoms with van der Waals surface area (Å²) in [4.78, 5) is 33.7. The first-order chi connectivity index (χ1) is 14.6. The topological polar surface area (TPSA) is 75.3 Å². The number of fused-ring (bicyclic) bond motifs is 1. The maximum absolute atomic E-state index is 12.8. The first-order valence-corrected chi connectivity index (χ1v) is 9.83. The van der Waals surface area contributed by atoms with E-state index in [0.29, 0.717) is 40.3 Å². The molecule has 1 amide bonds. The first-order valence-electron chi connectivity index (χ1n) is 9.45. The van der Waals surface area contributed by atoms with Crippen LogP contribution in [0.4, 0.5) is 13.2 Å². The number of hydrogen-bond donors (Lipinski definition) is 1. The van der Waals surface area contributed by atoms with E-state index < -0.39 is 6.36 Å². The predicted octanol–water partition coefficient (Wildman–Crippen LogP) is 4.46. The van der Waals surface area contributed by atoms with Crippen molar-refractivity contribution >= 4 is 28.4 Å². The number of carbonyl (C=O) groups excluding carboxylic acids is 1. The lowest BCUT2D eigenvalue weighted by atomic mass is 10.1. The van der Waals surface area contributed by atoms with Crippen LogP contribution in [0, 0.1) is 0 Å². The highest BCUT2D eigenvalue weighted by Gasteiger charge is 2.31. The minimum absolute atomic E-state index is 0.0179. The van der Waals surface area contributed by atoms with Gasteiger partial charge in [-0.3, -0.25) is 9.59 Å². The van der Waals surface area contributed by atoms with Crippen molar-refractivity contribution in [3.63, 3.8) is 0 Å². The molecular formula is C21H19ClF3N3O3. The van der Waals surface area contributed by atoms with Gasteiger partial charge in [-0.1, -0.05) is 30.7 Å². The summed E-state index contributed by atoms with van der Waals surface area (Å²) in [5.41, 5.74) is 0.628. The van der Waals surface area contributed by atoms with Gasteiger partial charge in [0.2, 0.25) is 5.91 Å². The Balaban J connectivity index is 1.75. The molecule has 0 saturated heterocycles. The van der Waals surface area contributed by atoms with Crippen molar-refractivity contribution in [2.45, 2.75) is 32.7 Å². The van der Waals surface area contributed by atoms with Gasteiger partial charge in [0.1, 0.15) is 11.6 Å². The highest BCUT2D eigenvalue weighted by Crippen LogP contribution is 2.23. The molecule has 0 atom stereocenters. The average molecular weight is 454 g/mol. The molecule has 0 saturated carbocycles. The first kappa shape index (κ1) is 22.6. The molecule has 3 rings (SSSR count). The largest absolute Gasteiger partial charge is 0.573 e. The minimum Gasteiger partial charge on any atom is -0.406 e. The van der Waals surface area contributed by atoms with Gasteiger partial charge in [0.15, 0.2) is 0 Å². The Morgan fingerprint density at radius 1 is 1.19 bits per heavy atom. The predicted molar refractivity (Wildman–Crippen MR) is 110 cm³/mol. The quantitative estimate of drug-likeness (QED) is 0.573. The number of aromatic amines is 1. The lowest BCUT2D eigenvalue weighted by Gasteiger charge is -2.22. The molecule has 0 aliphatic carbocycles. The molecule has 0 aliphatic rings.